The average molecular weight is 396 g/mol. The van der Waals surface area contributed by atoms with Crippen LogP contribution >= 0.6 is 0 Å². The molecule has 29 heavy (non-hydrogen) atoms. The van der Waals surface area contributed by atoms with Crippen LogP contribution in [-0.2, 0) is 4.79 Å². The Morgan fingerprint density at radius 2 is 1.59 bits per heavy atom. The summed E-state index contributed by atoms with van der Waals surface area (Å²) in [5, 5.41) is 6.62. The summed E-state index contributed by atoms with van der Waals surface area (Å²) in [6, 6.07) is 10.2. The number of likely N-dealkylation sites (tertiary alicyclic amines) is 1. The van der Waals surface area contributed by atoms with Gasteiger partial charge in [0.15, 0.2) is 0 Å². The van der Waals surface area contributed by atoms with Gasteiger partial charge in [-0.25, -0.2) is 0 Å². The monoisotopic (exact) mass is 395 g/mol. The number of benzene rings is 1. The molecule has 1 aromatic heterocycles. The third kappa shape index (κ3) is 5.00. The lowest BCUT2D eigenvalue weighted by Crippen LogP contribution is -2.41. The molecule has 2 fully saturated rings. The molecule has 1 saturated heterocycles. The largest absolute Gasteiger partial charge is 0.472 e. The second-order valence-electron chi connectivity index (χ2n) is 8.12. The topological polar surface area (TPSA) is 74.6 Å². The Balaban J connectivity index is 1.25. The maximum Gasteiger partial charge on any atom is 0.257 e. The van der Waals surface area contributed by atoms with Gasteiger partial charge in [-0.2, -0.15) is 0 Å². The molecule has 0 unspecified atom stereocenters. The molecule has 2 N–H and O–H groups in total. The first-order chi connectivity index (χ1) is 14.2. The molecular formula is C23H29N3O3. The van der Waals surface area contributed by atoms with Gasteiger partial charge in [0.25, 0.3) is 5.91 Å². The molecule has 6 nitrogen and oxygen atoms in total. The normalized spacial score (nSPS) is 18.4. The predicted octanol–water partition coefficient (Wildman–Crippen LogP) is 4.52. The molecule has 0 radical (unpaired) electrons. The van der Waals surface area contributed by atoms with Gasteiger partial charge in [-0.15, -0.1) is 0 Å². The summed E-state index contributed by atoms with van der Waals surface area (Å²) < 4.78 is 4.99. The molecule has 6 heteroatoms. The molecule has 4 rings (SSSR count). The van der Waals surface area contributed by atoms with Gasteiger partial charge < -0.3 is 20.0 Å². The van der Waals surface area contributed by atoms with Gasteiger partial charge in [-0.05, 0) is 56.0 Å². The number of hydrogen-bond donors (Lipinski definition) is 2. The quantitative estimate of drug-likeness (QED) is 0.781. The number of nitrogens with one attached hydrogen (secondary N) is 2. The molecule has 1 aliphatic carbocycles. The molecular weight excluding hydrogens is 366 g/mol. The van der Waals surface area contributed by atoms with Gasteiger partial charge in [0.05, 0.1) is 11.8 Å². The van der Waals surface area contributed by atoms with E-state index >= 15 is 0 Å². The van der Waals surface area contributed by atoms with Crippen molar-refractivity contribution in [2.75, 3.05) is 23.7 Å². The van der Waals surface area contributed by atoms with E-state index in [1.807, 2.05) is 24.3 Å². The van der Waals surface area contributed by atoms with Crippen LogP contribution in [-0.4, -0.2) is 35.8 Å². The van der Waals surface area contributed by atoms with Crippen molar-refractivity contribution in [3.63, 3.8) is 0 Å². The van der Waals surface area contributed by atoms with Crippen molar-refractivity contribution in [3.05, 3.63) is 48.4 Å². The number of carbonyl (C=O) groups excluding carboxylic acids is 2. The minimum atomic E-state index is -0.0663. The van der Waals surface area contributed by atoms with Gasteiger partial charge in [-0.3, -0.25) is 9.59 Å². The van der Waals surface area contributed by atoms with Gasteiger partial charge in [0.1, 0.15) is 6.26 Å². The van der Waals surface area contributed by atoms with E-state index in [0.717, 1.165) is 11.4 Å². The number of carbonyl (C=O) groups is 2. The van der Waals surface area contributed by atoms with E-state index in [-0.39, 0.29) is 17.7 Å². The Kier molecular flexibility index (Phi) is 6.17. The van der Waals surface area contributed by atoms with Crippen LogP contribution in [0, 0.1) is 5.92 Å². The molecule has 1 aromatic carbocycles. The summed E-state index contributed by atoms with van der Waals surface area (Å²) in [6.07, 6.45) is 10.8. The van der Waals surface area contributed by atoms with Gasteiger partial charge in [0.2, 0.25) is 5.91 Å². The molecule has 0 atom stereocenters. The molecule has 2 aliphatic rings. The third-order valence-electron chi connectivity index (χ3n) is 6.05. The molecule has 2 heterocycles. The van der Waals surface area contributed by atoms with Crippen molar-refractivity contribution in [2.45, 2.75) is 51.0 Å². The molecule has 1 aliphatic heterocycles. The number of nitrogens with zero attached hydrogens (tertiary/aromatic N) is 1. The Hall–Kier alpha value is -2.76. The van der Waals surface area contributed by atoms with Crippen LogP contribution in [0.2, 0.25) is 0 Å². The number of piperidine rings is 1. The second kappa shape index (κ2) is 9.16. The van der Waals surface area contributed by atoms with Crippen molar-refractivity contribution in [1.82, 2.24) is 4.90 Å². The summed E-state index contributed by atoms with van der Waals surface area (Å²) in [6.45, 7) is 1.18. The standard InChI is InChI=1S/C23H29N3O3/c27-22(17-10-13-26(14-11-17)23(28)18-12-15-29-16-18)25-21-8-6-20(7-9-21)24-19-4-2-1-3-5-19/h6-9,12,15-17,19,24H,1-5,10-11,13-14H2,(H,25,27). The lowest BCUT2D eigenvalue weighted by Gasteiger charge is -2.31. The smallest absolute Gasteiger partial charge is 0.257 e. The Bertz CT molecular complexity index is 802. The van der Waals surface area contributed by atoms with Crippen LogP contribution in [0.4, 0.5) is 11.4 Å². The van der Waals surface area contributed by atoms with Crippen molar-refractivity contribution >= 4 is 23.2 Å². The van der Waals surface area contributed by atoms with Crippen molar-refractivity contribution in [2.24, 2.45) is 5.92 Å². The van der Waals surface area contributed by atoms with Crippen LogP contribution < -0.4 is 10.6 Å². The van der Waals surface area contributed by atoms with E-state index in [0.29, 0.717) is 37.5 Å². The average Bonchev–Trinajstić information content (AvgIpc) is 3.30. The highest BCUT2D eigenvalue weighted by Gasteiger charge is 2.28. The lowest BCUT2D eigenvalue weighted by atomic mass is 9.95. The first-order valence-corrected chi connectivity index (χ1v) is 10.7. The summed E-state index contributed by atoms with van der Waals surface area (Å²) >= 11 is 0. The predicted molar refractivity (Wildman–Crippen MR) is 113 cm³/mol. The molecule has 1 saturated carbocycles. The minimum Gasteiger partial charge on any atom is -0.472 e. The maximum absolute atomic E-state index is 12.6. The Morgan fingerprint density at radius 3 is 2.24 bits per heavy atom. The lowest BCUT2D eigenvalue weighted by molar-refractivity contribution is -0.121. The van der Waals surface area contributed by atoms with Gasteiger partial charge >= 0.3 is 0 Å². The van der Waals surface area contributed by atoms with Crippen LogP contribution in [0.5, 0.6) is 0 Å². The number of hydrogen-bond acceptors (Lipinski definition) is 4. The fraction of sp³-hybridized carbons (Fsp3) is 0.478. The number of furan rings is 1. The molecule has 154 valence electrons. The van der Waals surface area contributed by atoms with E-state index in [1.54, 1.807) is 11.0 Å². The zero-order chi connectivity index (χ0) is 20.1. The van der Waals surface area contributed by atoms with E-state index in [1.165, 1.54) is 44.6 Å². The zero-order valence-corrected chi connectivity index (χ0v) is 16.7. The van der Waals surface area contributed by atoms with Gasteiger partial charge in [0, 0.05) is 36.4 Å². The molecule has 0 bridgehead atoms. The maximum atomic E-state index is 12.6. The SMILES string of the molecule is O=C(Nc1ccc(NC2CCCCC2)cc1)C1CCN(C(=O)c2ccoc2)CC1. The number of anilines is 2. The van der Waals surface area contributed by atoms with E-state index in [4.69, 9.17) is 4.42 Å². The first kappa shape index (κ1) is 19.6. The highest BCUT2D eigenvalue weighted by molar-refractivity contribution is 5.95. The van der Waals surface area contributed by atoms with E-state index < -0.39 is 0 Å². The fourth-order valence-corrected chi connectivity index (χ4v) is 4.29. The van der Waals surface area contributed by atoms with Gasteiger partial charge in [-0.1, -0.05) is 19.3 Å². The number of amides is 2. The molecule has 2 aromatic rings. The zero-order valence-electron chi connectivity index (χ0n) is 16.7. The third-order valence-corrected chi connectivity index (χ3v) is 6.05. The number of rotatable bonds is 5. The highest BCUT2D eigenvalue weighted by atomic mass is 16.3. The second-order valence-corrected chi connectivity index (χ2v) is 8.12. The van der Waals surface area contributed by atoms with Crippen LogP contribution in [0.3, 0.4) is 0 Å². The highest BCUT2D eigenvalue weighted by Crippen LogP contribution is 2.24. The van der Waals surface area contributed by atoms with Crippen LogP contribution in [0.1, 0.15) is 55.3 Å². The summed E-state index contributed by atoms with van der Waals surface area (Å²) in [5.74, 6) is -0.0597. The fourth-order valence-electron chi connectivity index (χ4n) is 4.29. The van der Waals surface area contributed by atoms with E-state index in [9.17, 15) is 9.59 Å². The van der Waals surface area contributed by atoms with Crippen LogP contribution in [0.15, 0.2) is 47.3 Å². The Morgan fingerprint density at radius 1 is 0.897 bits per heavy atom. The van der Waals surface area contributed by atoms with Crippen molar-refractivity contribution < 1.29 is 14.0 Å². The molecule has 0 spiro atoms. The van der Waals surface area contributed by atoms with Crippen LogP contribution in [0.25, 0.3) is 0 Å². The van der Waals surface area contributed by atoms with Crippen molar-refractivity contribution in [1.29, 1.82) is 0 Å². The molecule has 2 amide bonds. The van der Waals surface area contributed by atoms with E-state index in [2.05, 4.69) is 10.6 Å². The summed E-state index contributed by atoms with van der Waals surface area (Å²) in [4.78, 5) is 26.8. The first-order valence-electron chi connectivity index (χ1n) is 10.7. The Labute approximate surface area is 171 Å². The summed E-state index contributed by atoms with van der Waals surface area (Å²) in [7, 11) is 0. The summed E-state index contributed by atoms with van der Waals surface area (Å²) in [5.41, 5.74) is 2.50. The van der Waals surface area contributed by atoms with Crippen molar-refractivity contribution in [3.8, 4) is 0 Å². The minimum absolute atomic E-state index is 0.0290.